The molecule has 0 aliphatic heterocycles. The molecule has 0 aliphatic rings. The molecule has 0 fully saturated rings. The Morgan fingerprint density at radius 3 is 3.00 bits per heavy atom. The summed E-state index contributed by atoms with van der Waals surface area (Å²) in [6, 6.07) is 7.92. The van der Waals surface area contributed by atoms with Crippen molar-refractivity contribution in [2.75, 3.05) is 20.2 Å². The van der Waals surface area contributed by atoms with Crippen LogP contribution in [0.25, 0.3) is 5.65 Å². The predicted molar refractivity (Wildman–Crippen MR) is 72.8 cm³/mol. The lowest BCUT2D eigenvalue weighted by molar-refractivity contribution is -0.141. The lowest BCUT2D eigenvalue weighted by Crippen LogP contribution is -2.30. The summed E-state index contributed by atoms with van der Waals surface area (Å²) >= 11 is 0. The van der Waals surface area contributed by atoms with Crippen molar-refractivity contribution in [1.29, 1.82) is 5.26 Å². The molecule has 2 rings (SSSR count). The molecule has 2 aromatic rings. The highest BCUT2D eigenvalue weighted by molar-refractivity contribution is 5.71. The van der Waals surface area contributed by atoms with Crippen molar-refractivity contribution in [1.82, 2.24) is 14.3 Å². The molecule has 0 saturated heterocycles. The molecule has 6 nitrogen and oxygen atoms in total. The second kappa shape index (κ2) is 6.17. The third-order valence-electron chi connectivity index (χ3n) is 3.01. The van der Waals surface area contributed by atoms with E-state index in [0.717, 1.165) is 17.0 Å². The minimum atomic E-state index is -0.361. The quantitative estimate of drug-likeness (QED) is 0.603. The summed E-state index contributed by atoms with van der Waals surface area (Å²) < 4.78 is 6.61. The van der Waals surface area contributed by atoms with Crippen molar-refractivity contribution in [3.63, 3.8) is 0 Å². The van der Waals surface area contributed by atoms with Crippen LogP contribution in [0.15, 0.2) is 24.4 Å². The Kier molecular flexibility index (Phi) is 4.33. The molecule has 0 unspecified atom stereocenters. The van der Waals surface area contributed by atoms with Crippen molar-refractivity contribution in [3.8, 4) is 6.07 Å². The molecular weight excluding hydrogens is 256 g/mol. The number of nitrogens with zero attached hydrogens (tertiary/aromatic N) is 4. The number of carbonyl (C=O) groups is 1. The molecule has 0 saturated carbocycles. The molecule has 104 valence electrons. The van der Waals surface area contributed by atoms with Crippen molar-refractivity contribution in [2.24, 2.45) is 0 Å². The van der Waals surface area contributed by atoms with E-state index in [9.17, 15) is 4.79 Å². The molecule has 0 bridgehead atoms. The zero-order valence-corrected chi connectivity index (χ0v) is 11.5. The standard InChI is InChI=1S/C14H16N4O2/c1-11-4-3-5-13-16-12(9-18(11)13)8-17(7-6-15)10-14(19)20-2/h3-5,9H,7-8,10H2,1-2H3. The Hall–Kier alpha value is -2.39. The van der Waals surface area contributed by atoms with Gasteiger partial charge < -0.3 is 9.14 Å². The van der Waals surface area contributed by atoms with E-state index in [1.165, 1.54) is 7.11 Å². The molecule has 0 spiro atoms. The number of fused-ring (bicyclic) bond motifs is 1. The van der Waals surface area contributed by atoms with Crippen molar-refractivity contribution in [2.45, 2.75) is 13.5 Å². The van der Waals surface area contributed by atoms with Crippen molar-refractivity contribution in [3.05, 3.63) is 35.8 Å². The number of imidazole rings is 1. The summed E-state index contributed by atoms with van der Waals surface area (Å²) in [7, 11) is 1.33. The lowest BCUT2D eigenvalue weighted by atomic mass is 10.3. The zero-order chi connectivity index (χ0) is 14.5. The van der Waals surface area contributed by atoms with Crippen molar-refractivity contribution < 1.29 is 9.53 Å². The molecule has 6 heteroatoms. The van der Waals surface area contributed by atoms with E-state index in [2.05, 4.69) is 9.72 Å². The number of methoxy groups -OCH3 is 1. The monoisotopic (exact) mass is 272 g/mol. The summed E-state index contributed by atoms with van der Waals surface area (Å²) in [4.78, 5) is 17.5. The van der Waals surface area contributed by atoms with Gasteiger partial charge in [-0.05, 0) is 19.1 Å². The number of ether oxygens (including phenoxy) is 1. The Balaban J connectivity index is 2.18. The fourth-order valence-electron chi connectivity index (χ4n) is 2.02. The maximum Gasteiger partial charge on any atom is 0.319 e. The first-order valence-electron chi connectivity index (χ1n) is 6.23. The van der Waals surface area contributed by atoms with Gasteiger partial charge in [0.15, 0.2) is 0 Å². The molecule has 0 amide bonds. The highest BCUT2D eigenvalue weighted by Gasteiger charge is 2.13. The SMILES string of the molecule is COC(=O)CN(CC#N)Cc1cn2c(C)cccc2n1. The average Bonchev–Trinajstić information content (AvgIpc) is 2.83. The molecule has 0 radical (unpaired) electrons. The minimum Gasteiger partial charge on any atom is -0.468 e. The van der Waals surface area contributed by atoms with Crippen LogP contribution in [0.5, 0.6) is 0 Å². The van der Waals surface area contributed by atoms with Gasteiger partial charge in [-0.15, -0.1) is 0 Å². The lowest BCUT2D eigenvalue weighted by Gasteiger charge is -2.15. The number of hydrogen-bond donors (Lipinski definition) is 0. The van der Waals surface area contributed by atoms with E-state index >= 15 is 0 Å². The molecule has 2 heterocycles. The van der Waals surface area contributed by atoms with Crippen LogP contribution in [-0.4, -0.2) is 40.5 Å². The van der Waals surface area contributed by atoms with E-state index < -0.39 is 0 Å². The topological polar surface area (TPSA) is 70.6 Å². The first kappa shape index (κ1) is 14.0. The van der Waals surface area contributed by atoms with E-state index in [-0.39, 0.29) is 19.1 Å². The molecule has 2 aromatic heterocycles. The van der Waals surface area contributed by atoms with E-state index in [1.54, 1.807) is 4.90 Å². The van der Waals surface area contributed by atoms with Gasteiger partial charge in [-0.2, -0.15) is 5.26 Å². The molecule has 0 N–H and O–H groups in total. The van der Waals surface area contributed by atoms with Gasteiger partial charge in [0.2, 0.25) is 0 Å². The largest absolute Gasteiger partial charge is 0.468 e. The van der Waals surface area contributed by atoms with Gasteiger partial charge in [0.1, 0.15) is 5.65 Å². The Morgan fingerprint density at radius 2 is 2.35 bits per heavy atom. The predicted octanol–water partition coefficient (Wildman–Crippen LogP) is 1.14. The van der Waals surface area contributed by atoms with Crippen LogP contribution in [0.4, 0.5) is 0 Å². The molecule has 0 aromatic carbocycles. The summed E-state index contributed by atoms with van der Waals surface area (Å²) in [5, 5.41) is 8.81. The summed E-state index contributed by atoms with van der Waals surface area (Å²) in [5.74, 6) is -0.361. The Labute approximate surface area is 117 Å². The van der Waals surface area contributed by atoms with Crippen LogP contribution in [-0.2, 0) is 16.1 Å². The average molecular weight is 272 g/mol. The van der Waals surface area contributed by atoms with E-state index in [0.29, 0.717) is 6.54 Å². The normalized spacial score (nSPS) is 10.7. The molecule has 20 heavy (non-hydrogen) atoms. The maximum atomic E-state index is 11.3. The van der Waals surface area contributed by atoms with Gasteiger partial charge in [0.25, 0.3) is 0 Å². The van der Waals surface area contributed by atoms with Crippen LogP contribution >= 0.6 is 0 Å². The number of aromatic nitrogens is 2. The Bertz CT molecular complexity index is 657. The fourth-order valence-corrected chi connectivity index (χ4v) is 2.02. The van der Waals surface area contributed by atoms with Crippen LogP contribution < -0.4 is 0 Å². The number of pyridine rings is 1. The first-order valence-corrected chi connectivity index (χ1v) is 6.23. The van der Waals surface area contributed by atoms with Crippen LogP contribution in [0, 0.1) is 18.3 Å². The highest BCUT2D eigenvalue weighted by Crippen LogP contribution is 2.10. The van der Waals surface area contributed by atoms with E-state index in [1.807, 2.05) is 41.8 Å². The van der Waals surface area contributed by atoms with Gasteiger partial charge in [0.05, 0.1) is 32.0 Å². The first-order chi connectivity index (χ1) is 9.63. The van der Waals surface area contributed by atoms with Gasteiger partial charge in [0, 0.05) is 18.4 Å². The number of nitriles is 1. The summed E-state index contributed by atoms with van der Waals surface area (Å²) in [5.41, 5.74) is 2.76. The number of aryl methyl sites for hydroxylation is 1. The van der Waals surface area contributed by atoms with Gasteiger partial charge in [-0.1, -0.05) is 6.07 Å². The minimum absolute atomic E-state index is 0.0803. The second-order valence-electron chi connectivity index (χ2n) is 4.51. The molecule has 0 atom stereocenters. The Morgan fingerprint density at radius 1 is 1.55 bits per heavy atom. The second-order valence-corrected chi connectivity index (χ2v) is 4.51. The molecular formula is C14H16N4O2. The van der Waals surface area contributed by atoms with E-state index in [4.69, 9.17) is 5.26 Å². The number of esters is 1. The van der Waals surface area contributed by atoms with Crippen LogP contribution in [0.2, 0.25) is 0 Å². The van der Waals surface area contributed by atoms with Crippen molar-refractivity contribution >= 4 is 11.6 Å². The summed E-state index contributed by atoms with van der Waals surface area (Å²) in [6.45, 7) is 2.67. The smallest absolute Gasteiger partial charge is 0.319 e. The highest BCUT2D eigenvalue weighted by atomic mass is 16.5. The number of rotatable bonds is 5. The third kappa shape index (κ3) is 3.13. The van der Waals surface area contributed by atoms with Gasteiger partial charge in [-0.3, -0.25) is 9.69 Å². The van der Waals surface area contributed by atoms with Gasteiger partial charge in [-0.25, -0.2) is 4.98 Å². The zero-order valence-electron chi connectivity index (χ0n) is 11.5. The van der Waals surface area contributed by atoms with Gasteiger partial charge >= 0.3 is 5.97 Å². The maximum absolute atomic E-state index is 11.3. The van der Waals surface area contributed by atoms with Crippen LogP contribution in [0.1, 0.15) is 11.4 Å². The summed E-state index contributed by atoms with van der Waals surface area (Å²) in [6.07, 6.45) is 1.92. The third-order valence-corrected chi connectivity index (χ3v) is 3.01. The number of carbonyl (C=O) groups excluding carboxylic acids is 1. The number of hydrogen-bond acceptors (Lipinski definition) is 5. The molecule has 0 aliphatic carbocycles. The fraction of sp³-hybridized carbons (Fsp3) is 0.357. The van der Waals surface area contributed by atoms with Crippen LogP contribution in [0.3, 0.4) is 0 Å².